The Morgan fingerprint density at radius 3 is 2.80 bits per heavy atom. The number of hydrogen-bond donors (Lipinski definition) is 2. The van der Waals surface area contributed by atoms with Crippen molar-refractivity contribution < 1.29 is 14.1 Å². The molecule has 0 atom stereocenters. The maximum atomic E-state index is 10.6. The van der Waals surface area contributed by atoms with Gasteiger partial charge in [-0.05, 0) is 17.7 Å². The van der Waals surface area contributed by atoms with Crippen LogP contribution in [0.3, 0.4) is 0 Å². The lowest BCUT2D eigenvalue weighted by Crippen LogP contribution is -2.28. The highest BCUT2D eigenvalue weighted by molar-refractivity contribution is 5.75. The number of carbonyl (C=O) groups is 1. The molecule has 0 bridgehead atoms. The minimum atomic E-state index is -0.428. The van der Waals surface area contributed by atoms with Crippen LogP contribution in [0, 0.1) is 0 Å². The van der Waals surface area contributed by atoms with E-state index in [-0.39, 0.29) is 6.54 Å². The van der Waals surface area contributed by atoms with Gasteiger partial charge in [0.15, 0.2) is 5.82 Å². The lowest BCUT2D eigenvalue weighted by molar-refractivity contribution is -0.117. The second-order valence-electron chi connectivity index (χ2n) is 4.20. The van der Waals surface area contributed by atoms with Crippen molar-refractivity contribution in [1.29, 1.82) is 0 Å². The Labute approximate surface area is 116 Å². The fraction of sp³-hybridized carbons (Fsp3) is 0.308. The fourth-order valence-electron chi connectivity index (χ4n) is 1.65. The van der Waals surface area contributed by atoms with Gasteiger partial charge < -0.3 is 15.0 Å². The molecule has 2 aromatic rings. The number of aromatic nitrogens is 2. The van der Waals surface area contributed by atoms with E-state index in [1.807, 2.05) is 24.3 Å². The van der Waals surface area contributed by atoms with Crippen LogP contribution < -0.4 is 15.8 Å². The highest BCUT2D eigenvalue weighted by Crippen LogP contribution is 2.13. The number of benzene rings is 1. The maximum Gasteiger partial charge on any atom is 0.240 e. The molecule has 0 aliphatic heterocycles. The summed E-state index contributed by atoms with van der Waals surface area (Å²) in [5.74, 6) is 1.39. The zero-order chi connectivity index (χ0) is 14.4. The first-order valence-electron chi connectivity index (χ1n) is 6.11. The Morgan fingerprint density at radius 2 is 2.15 bits per heavy atom. The zero-order valence-corrected chi connectivity index (χ0v) is 11.1. The molecule has 7 heteroatoms. The predicted molar refractivity (Wildman–Crippen MR) is 71.0 cm³/mol. The summed E-state index contributed by atoms with van der Waals surface area (Å²) in [5, 5.41) is 6.68. The third-order valence-corrected chi connectivity index (χ3v) is 2.61. The van der Waals surface area contributed by atoms with Crippen molar-refractivity contribution in [3.8, 4) is 5.75 Å². The summed E-state index contributed by atoms with van der Waals surface area (Å²) in [4.78, 5) is 14.8. The molecule has 7 nitrogen and oxygen atoms in total. The lowest BCUT2D eigenvalue weighted by atomic mass is 10.1. The number of primary amides is 1. The fourth-order valence-corrected chi connectivity index (χ4v) is 1.65. The first-order valence-corrected chi connectivity index (χ1v) is 6.11. The van der Waals surface area contributed by atoms with E-state index in [2.05, 4.69) is 15.5 Å². The normalized spacial score (nSPS) is 10.4. The summed E-state index contributed by atoms with van der Waals surface area (Å²) in [6.07, 6.45) is 0.573. The largest absolute Gasteiger partial charge is 0.497 e. The Balaban J connectivity index is 1.89. The van der Waals surface area contributed by atoms with Gasteiger partial charge in [-0.25, -0.2) is 0 Å². The number of carbonyl (C=O) groups excluding carboxylic acids is 1. The zero-order valence-electron chi connectivity index (χ0n) is 11.1. The first-order chi connectivity index (χ1) is 9.67. The van der Waals surface area contributed by atoms with E-state index in [9.17, 15) is 4.79 Å². The van der Waals surface area contributed by atoms with Gasteiger partial charge in [-0.3, -0.25) is 10.1 Å². The summed E-state index contributed by atoms with van der Waals surface area (Å²) >= 11 is 0. The Hall–Kier alpha value is -2.41. The molecule has 0 radical (unpaired) electrons. The monoisotopic (exact) mass is 276 g/mol. The van der Waals surface area contributed by atoms with Gasteiger partial charge in [-0.1, -0.05) is 17.3 Å². The van der Waals surface area contributed by atoms with Gasteiger partial charge in [-0.2, -0.15) is 4.98 Å². The Kier molecular flexibility index (Phi) is 4.67. The van der Waals surface area contributed by atoms with E-state index in [1.165, 1.54) is 0 Å². The van der Waals surface area contributed by atoms with Crippen LogP contribution in [0.25, 0.3) is 0 Å². The summed E-state index contributed by atoms with van der Waals surface area (Å²) in [5.41, 5.74) is 6.07. The summed E-state index contributed by atoms with van der Waals surface area (Å²) in [6, 6.07) is 7.65. The number of nitrogens with zero attached hydrogens (tertiary/aromatic N) is 2. The Bertz CT molecular complexity index is 565. The van der Waals surface area contributed by atoms with E-state index in [0.29, 0.717) is 24.7 Å². The molecular weight excluding hydrogens is 260 g/mol. The van der Waals surface area contributed by atoms with Crippen LogP contribution in [-0.4, -0.2) is 29.7 Å². The molecule has 1 amide bonds. The minimum Gasteiger partial charge on any atom is -0.497 e. The van der Waals surface area contributed by atoms with Crippen LogP contribution in [0.4, 0.5) is 0 Å². The van der Waals surface area contributed by atoms with Gasteiger partial charge in [0.1, 0.15) is 5.75 Å². The molecule has 0 aliphatic carbocycles. The summed E-state index contributed by atoms with van der Waals surface area (Å²) in [6.45, 7) is 0.398. The molecule has 0 fully saturated rings. The highest BCUT2D eigenvalue weighted by Gasteiger charge is 2.07. The van der Waals surface area contributed by atoms with Crippen LogP contribution in [0.15, 0.2) is 28.8 Å². The number of ether oxygens (including phenoxy) is 1. The molecule has 1 heterocycles. The van der Waals surface area contributed by atoms with Gasteiger partial charge >= 0.3 is 0 Å². The third-order valence-electron chi connectivity index (χ3n) is 2.61. The summed E-state index contributed by atoms with van der Waals surface area (Å²) in [7, 11) is 1.62. The molecule has 20 heavy (non-hydrogen) atoms. The number of methoxy groups -OCH3 is 1. The van der Waals surface area contributed by atoms with E-state index < -0.39 is 5.91 Å². The van der Waals surface area contributed by atoms with Crippen molar-refractivity contribution in [3.63, 3.8) is 0 Å². The molecule has 1 aromatic heterocycles. The average molecular weight is 276 g/mol. The van der Waals surface area contributed by atoms with Crippen LogP contribution in [0.1, 0.15) is 17.3 Å². The molecule has 0 saturated heterocycles. The second-order valence-corrected chi connectivity index (χ2v) is 4.20. The van der Waals surface area contributed by atoms with E-state index >= 15 is 0 Å². The highest BCUT2D eigenvalue weighted by atomic mass is 16.5. The van der Waals surface area contributed by atoms with Gasteiger partial charge in [0.2, 0.25) is 11.8 Å². The molecular formula is C13H16N4O3. The van der Waals surface area contributed by atoms with Gasteiger partial charge in [0, 0.05) is 6.42 Å². The van der Waals surface area contributed by atoms with Gasteiger partial charge in [-0.15, -0.1) is 0 Å². The van der Waals surface area contributed by atoms with Crippen molar-refractivity contribution in [2.45, 2.75) is 13.0 Å². The topological polar surface area (TPSA) is 103 Å². The average Bonchev–Trinajstić information content (AvgIpc) is 2.87. The minimum absolute atomic E-state index is 0.0796. The first kappa shape index (κ1) is 14.0. The van der Waals surface area contributed by atoms with Crippen molar-refractivity contribution in [2.24, 2.45) is 5.73 Å². The maximum absolute atomic E-state index is 10.6. The van der Waals surface area contributed by atoms with Crippen LogP contribution >= 0.6 is 0 Å². The van der Waals surface area contributed by atoms with Crippen molar-refractivity contribution in [1.82, 2.24) is 15.5 Å². The van der Waals surface area contributed by atoms with Crippen LogP contribution in [0.2, 0.25) is 0 Å². The van der Waals surface area contributed by atoms with Crippen molar-refractivity contribution in [3.05, 3.63) is 41.5 Å². The van der Waals surface area contributed by atoms with E-state index in [0.717, 1.165) is 11.3 Å². The number of nitrogens with two attached hydrogens (primary N) is 1. The SMILES string of the molecule is COc1ccc(Cc2noc(CNCC(N)=O)n2)cc1. The van der Waals surface area contributed by atoms with Crippen molar-refractivity contribution in [2.75, 3.05) is 13.7 Å². The molecule has 0 spiro atoms. The van der Waals surface area contributed by atoms with Crippen LogP contribution in [0.5, 0.6) is 5.75 Å². The van der Waals surface area contributed by atoms with Gasteiger partial charge in [0.05, 0.1) is 20.2 Å². The predicted octanol–water partition coefficient (Wildman–Crippen LogP) is 0.244. The second kappa shape index (κ2) is 6.67. The molecule has 2 rings (SSSR count). The number of amides is 1. The number of rotatable bonds is 7. The van der Waals surface area contributed by atoms with Crippen molar-refractivity contribution >= 4 is 5.91 Å². The van der Waals surface area contributed by atoms with E-state index in [4.69, 9.17) is 15.0 Å². The molecule has 0 unspecified atom stereocenters. The summed E-state index contributed by atoms with van der Waals surface area (Å²) < 4.78 is 10.2. The lowest BCUT2D eigenvalue weighted by Gasteiger charge is -2.00. The Morgan fingerprint density at radius 1 is 1.40 bits per heavy atom. The number of hydrogen-bond acceptors (Lipinski definition) is 6. The molecule has 3 N–H and O–H groups in total. The molecule has 106 valence electrons. The van der Waals surface area contributed by atoms with Gasteiger partial charge in [0.25, 0.3) is 0 Å². The van der Waals surface area contributed by atoms with E-state index in [1.54, 1.807) is 7.11 Å². The van der Waals surface area contributed by atoms with Crippen LogP contribution in [-0.2, 0) is 17.8 Å². The smallest absolute Gasteiger partial charge is 0.240 e. The number of nitrogens with one attached hydrogen (secondary N) is 1. The standard InChI is InChI=1S/C13H16N4O3/c1-19-10-4-2-9(3-5-10)6-12-16-13(20-17-12)8-15-7-11(14)18/h2-5,15H,6-8H2,1H3,(H2,14,18). The molecule has 1 aromatic carbocycles. The molecule has 0 aliphatic rings. The quantitative estimate of drug-likeness (QED) is 0.751. The third kappa shape index (κ3) is 4.06. The molecule has 0 saturated carbocycles.